The Labute approximate surface area is 283 Å². The summed E-state index contributed by atoms with van der Waals surface area (Å²) in [4.78, 5) is 2.33. The molecular weight excluding hydrogens is 599 g/mol. The van der Waals surface area contributed by atoms with E-state index in [1.165, 1.54) is 38.2 Å². The molecule has 0 unspecified atom stereocenters. The van der Waals surface area contributed by atoms with Gasteiger partial charge in [0.1, 0.15) is 11.2 Å². The molecule has 48 heavy (non-hydrogen) atoms. The van der Waals surface area contributed by atoms with Crippen molar-refractivity contribution in [2.24, 2.45) is 0 Å². The second-order valence-corrected chi connectivity index (χ2v) is 18.5. The maximum Gasteiger partial charge on any atom is 0.143 e. The molecule has 0 aliphatic rings. The van der Waals surface area contributed by atoms with Crippen LogP contribution in [0.5, 0.6) is 0 Å². The summed E-state index contributed by atoms with van der Waals surface area (Å²) in [6.07, 6.45) is 0. The fourth-order valence-corrected chi connectivity index (χ4v) is 8.21. The highest BCUT2D eigenvalue weighted by molar-refractivity contribution is 6.90. The van der Waals surface area contributed by atoms with Gasteiger partial charge in [0.2, 0.25) is 0 Å². The van der Waals surface area contributed by atoms with Gasteiger partial charge in [-0.1, -0.05) is 153 Å². The van der Waals surface area contributed by atoms with E-state index in [1.54, 1.807) is 0 Å². The first-order chi connectivity index (χ1) is 23.4. The number of para-hydroxylation sites is 2. The third-order valence-electron chi connectivity index (χ3n) is 9.23. The fraction of sp³-hybridized carbons (Fsp3) is 0.0667. The van der Waals surface area contributed by atoms with Crippen LogP contribution in [0.25, 0.3) is 55.3 Å². The zero-order valence-corrected chi connectivity index (χ0v) is 28.5. The monoisotopic (exact) mass is 635 g/mol. The Morgan fingerprint density at radius 2 is 0.792 bits per heavy atom. The molecule has 3 heteroatoms. The summed E-state index contributed by atoms with van der Waals surface area (Å²) in [5, 5.41) is 3.74. The first kappa shape index (κ1) is 29.7. The van der Waals surface area contributed by atoms with E-state index in [4.69, 9.17) is 4.42 Å². The number of rotatable bonds is 7. The highest BCUT2D eigenvalue weighted by Crippen LogP contribution is 2.40. The van der Waals surface area contributed by atoms with Gasteiger partial charge in [-0.05, 0) is 69.4 Å². The van der Waals surface area contributed by atoms with E-state index in [0.29, 0.717) is 0 Å². The van der Waals surface area contributed by atoms with Crippen LogP contribution in [0, 0.1) is 0 Å². The number of hydrogen-bond donors (Lipinski definition) is 0. The summed E-state index contributed by atoms with van der Waals surface area (Å²) in [5.74, 6) is 0. The Kier molecular flexibility index (Phi) is 7.55. The standard InChI is InChI=1S/C45H37NOSi/c1-48(2,3)43-19-11-18-42-41-17-10-16-40(44(41)47-45(42)43)36-24-30-39(31-25-36)46(37-26-20-34(21-27-37)32-12-6-4-7-13-32)38-28-22-35(23-29-38)33-14-8-5-9-15-33/h4-31H,1-3H3. The van der Waals surface area contributed by atoms with Gasteiger partial charge >= 0.3 is 0 Å². The molecule has 0 bridgehead atoms. The van der Waals surface area contributed by atoms with Crippen molar-refractivity contribution in [1.29, 1.82) is 0 Å². The number of hydrogen-bond acceptors (Lipinski definition) is 2. The molecule has 0 spiro atoms. The molecule has 0 saturated heterocycles. The lowest BCUT2D eigenvalue weighted by Gasteiger charge is -2.26. The summed E-state index contributed by atoms with van der Waals surface area (Å²) >= 11 is 0. The Balaban J connectivity index is 1.20. The molecule has 0 amide bonds. The molecule has 8 rings (SSSR count). The summed E-state index contributed by atoms with van der Waals surface area (Å²) in [7, 11) is -1.59. The lowest BCUT2D eigenvalue weighted by atomic mass is 10.0. The van der Waals surface area contributed by atoms with Gasteiger partial charge in [0.15, 0.2) is 0 Å². The van der Waals surface area contributed by atoms with Crippen LogP contribution in [0.1, 0.15) is 0 Å². The van der Waals surface area contributed by atoms with Crippen LogP contribution in [0.3, 0.4) is 0 Å². The number of furan rings is 1. The molecule has 232 valence electrons. The molecular formula is C45H37NOSi. The van der Waals surface area contributed by atoms with E-state index in [1.807, 2.05) is 0 Å². The summed E-state index contributed by atoms with van der Waals surface area (Å²) in [6.45, 7) is 7.14. The van der Waals surface area contributed by atoms with Crippen molar-refractivity contribution < 1.29 is 4.42 Å². The van der Waals surface area contributed by atoms with Gasteiger partial charge in [-0.3, -0.25) is 0 Å². The molecule has 0 aliphatic heterocycles. The summed E-state index contributed by atoms with van der Waals surface area (Å²) < 4.78 is 6.73. The van der Waals surface area contributed by atoms with E-state index < -0.39 is 8.07 Å². The quantitative estimate of drug-likeness (QED) is 0.162. The van der Waals surface area contributed by atoms with Crippen LogP contribution < -0.4 is 10.1 Å². The summed E-state index contributed by atoms with van der Waals surface area (Å²) in [6, 6.07) is 60.8. The largest absolute Gasteiger partial charge is 0.456 e. The van der Waals surface area contributed by atoms with E-state index in [-0.39, 0.29) is 0 Å². The van der Waals surface area contributed by atoms with Gasteiger partial charge in [0.25, 0.3) is 0 Å². The van der Waals surface area contributed by atoms with E-state index >= 15 is 0 Å². The number of nitrogens with zero attached hydrogens (tertiary/aromatic N) is 1. The van der Waals surface area contributed by atoms with Gasteiger partial charge in [-0.25, -0.2) is 0 Å². The Hall–Kier alpha value is -5.64. The van der Waals surface area contributed by atoms with Gasteiger partial charge in [-0.15, -0.1) is 0 Å². The van der Waals surface area contributed by atoms with Crippen molar-refractivity contribution in [3.63, 3.8) is 0 Å². The van der Waals surface area contributed by atoms with Crippen LogP contribution in [0.15, 0.2) is 174 Å². The van der Waals surface area contributed by atoms with Gasteiger partial charge in [0, 0.05) is 33.4 Å². The third-order valence-corrected chi connectivity index (χ3v) is 11.2. The highest BCUT2D eigenvalue weighted by Gasteiger charge is 2.23. The van der Waals surface area contributed by atoms with Crippen molar-refractivity contribution in [2.45, 2.75) is 19.6 Å². The first-order valence-electron chi connectivity index (χ1n) is 16.6. The maximum atomic E-state index is 6.73. The van der Waals surface area contributed by atoms with Gasteiger partial charge in [-0.2, -0.15) is 0 Å². The number of benzene rings is 7. The molecule has 2 nitrogen and oxygen atoms in total. The Morgan fingerprint density at radius 3 is 1.27 bits per heavy atom. The minimum absolute atomic E-state index is 0.954. The minimum Gasteiger partial charge on any atom is -0.456 e. The lowest BCUT2D eigenvalue weighted by Crippen LogP contribution is -2.37. The number of fused-ring (bicyclic) bond motifs is 3. The topological polar surface area (TPSA) is 16.4 Å². The second-order valence-electron chi connectivity index (χ2n) is 13.4. The zero-order valence-electron chi connectivity index (χ0n) is 27.5. The lowest BCUT2D eigenvalue weighted by molar-refractivity contribution is 0.672. The van der Waals surface area contributed by atoms with Gasteiger partial charge < -0.3 is 9.32 Å². The smallest absolute Gasteiger partial charge is 0.143 e. The van der Waals surface area contributed by atoms with E-state index in [2.05, 4.69) is 194 Å². The van der Waals surface area contributed by atoms with Crippen molar-refractivity contribution in [1.82, 2.24) is 0 Å². The predicted octanol–water partition coefficient (Wildman–Crippen LogP) is 12.6. The fourth-order valence-electron chi connectivity index (χ4n) is 6.74. The number of anilines is 3. The van der Waals surface area contributed by atoms with Crippen molar-refractivity contribution in [3.8, 4) is 33.4 Å². The van der Waals surface area contributed by atoms with Crippen LogP contribution in [-0.4, -0.2) is 8.07 Å². The van der Waals surface area contributed by atoms with Crippen LogP contribution in [0.4, 0.5) is 17.1 Å². The molecule has 0 aliphatic carbocycles. The van der Waals surface area contributed by atoms with E-state index in [0.717, 1.165) is 39.4 Å². The highest BCUT2D eigenvalue weighted by atomic mass is 28.3. The molecule has 1 heterocycles. The summed E-state index contributed by atoms with van der Waals surface area (Å²) in [5.41, 5.74) is 12.4. The maximum absolute atomic E-state index is 6.73. The Bertz CT molecular complexity index is 2250. The minimum atomic E-state index is -1.59. The average molecular weight is 636 g/mol. The van der Waals surface area contributed by atoms with Crippen LogP contribution in [0.2, 0.25) is 19.6 Å². The first-order valence-corrected chi connectivity index (χ1v) is 20.1. The van der Waals surface area contributed by atoms with Crippen LogP contribution >= 0.6 is 0 Å². The Morgan fingerprint density at radius 1 is 0.375 bits per heavy atom. The molecule has 0 radical (unpaired) electrons. The SMILES string of the molecule is C[Si](C)(C)c1cccc2c1oc1c(-c3ccc(N(c4ccc(-c5ccccc5)cc4)c4ccc(-c5ccccc5)cc4)cc3)cccc12. The molecule has 0 saturated carbocycles. The molecule has 1 aromatic heterocycles. The molecule has 0 N–H and O–H groups in total. The predicted molar refractivity (Wildman–Crippen MR) is 208 cm³/mol. The van der Waals surface area contributed by atoms with Crippen molar-refractivity contribution >= 4 is 52.3 Å². The molecule has 0 atom stereocenters. The zero-order chi connectivity index (χ0) is 32.7. The molecule has 0 fully saturated rings. The van der Waals surface area contributed by atoms with Gasteiger partial charge in [0.05, 0.1) is 8.07 Å². The van der Waals surface area contributed by atoms with E-state index in [9.17, 15) is 0 Å². The van der Waals surface area contributed by atoms with Crippen molar-refractivity contribution in [2.75, 3.05) is 4.90 Å². The second kappa shape index (κ2) is 12.2. The average Bonchev–Trinajstić information content (AvgIpc) is 3.52. The van der Waals surface area contributed by atoms with Crippen molar-refractivity contribution in [3.05, 3.63) is 170 Å². The molecule has 8 aromatic rings. The normalized spacial score (nSPS) is 11.6. The third kappa shape index (κ3) is 5.53. The molecule has 7 aromatic carbocycles. The van der Waals surface area contributed by atoms with Crippen LogP contribution in [-0.2, 0) is 0 Å².